The molecule has 57 heavy (non-hydrogen) atoms. The predicted molar refractivity (Wildman–Crippen MR) is 235 cm³/mol. The van der Waals surface area contributed by atoms with Crippen LogP contribution in [-0.2, 0) is 5.66 Å². The summed E-state index contributed by atoms with van der Waals surface area (Å²) in [6.45, 7) is 2.20. The highest BCUT2D eigenvalue weighted by molar-refractivity contribution is 6.26. The molecule has 0 spiro atoms. The molecule has 0 bridgehead atoms. The van der Waals surface area contributed by atoms with Crippen LogP contribution in [0.3, 0.4) is 0 Å². The Bertz CT molecular complexity index is 3420. The van der Waals surface area contributed by atoms with E-state index in [1.165, 1.54) is 32.3 Å². The van der Waals surface area contributed by atoms with Crippen LogP contribution in [0.15, 0.2) is 190 Å². The van der Waals surface area contributed by atoms with Gasteiger partial charge in [0, 0.05) is 38.2 Å². The van der Waals surface area contributed by atoms with E-state index in [9.17, 15) is 0 Å². The van der Waals surface area contributed by atoms with Crippen LogP contribution in [0.1, 0.15) is 29.8 Å². The number of furan rings is 2. The Labute approximate surface area is 327 Å². The molecular weight excluding hydrogens is 699 g/mol. The summed E-state index contributed by atoms with van der Waals surface area (Å²) in [7, 11) is 0. The minimum atomic E-state index is -0.763. The summed E-state index contributed by atoms with van der Waals surface area (Å²) in [4.78, 5) is 5.32. The molecule has 0 radical (unpaired) electrons. The number of hydrogen-bond donors (Lipinski definition) is 2. The van der Waals surface area contributed by atoms with Crippen LogP contribution >= 0.6 is 0 Å². The normalized spacial score (nSPS) is 17.3. The van der Waals surface area contributed by atoms with Crippen molar-refractivity contribution < 1.29 is 8.83 Å². The SMILES string of the molecule is CC1(c2cccc3oc4ccc(-c5ccc6c7ccccc7c7ccccc7c6c5)cc4c23)NC(c2ccccc2)=NC(c2cccc3c2oc2ccccc23)N1. The maximum atomic E-state index is 6.61. The lowest BCUT2D eigenvalue weighted by atomic mass is 9.91. The number of benzene rings is 9. The van der Waals surface area contributed by atoms with Gasteiger partial charge in [-0.3, -0.25) is 5.32 Å². The lowest BCUT2D eigenvalue weighted by molar-refractivity contribution is 0.279. The number of nitrogens with zero attached hydrogens (tertiary/aromatic N) is 1. The largest absolute Gasteiger partial charge is 0.456 e. The molecule has 2 unspecified atom stereocenters. The Morgan fingerprint density at radius 1 is 0.456 bits per heavy atom. The third-order valence-corrected chi connectivity index (χ3v) is 11.9. The molecule has 12 rings (SSSR count). The highest BCUT2D eigenvalue weighted by Gasteiger charge is 2.38. The number of aliphatic imine (C=N–C) groups is 1. The molecule has 270 valence electrons. The Balaban J connectivity index is 1.03. The second kappa shape index (κ2) is 12.1. The molecule has 0 aliphatic carbocycles. The molecule has 0 saturated carbocycles. The van der Waals surface area contributed by atoms with Crippen molar-refractivity contribution in [2.75, 3.05) is 0 Å². The molecule has 0 amide bonds. The molecule has 0 fully saturated rings. The van der Waals surface area contributed by atoms with Crippen molar-refractivity contribution in [3.8, 4) is 11.1 Å². The number of hydrogen-bond acceptors (Lipinski definition) is 5. The van der Waals surface area contributed by atoms with Crippen LogP contribution in [0, 0.1) is 0 Å². The molecular formula is C52H35N3O2. The summed E-state index contributed by atoms with van der Waals surface area (Å²) in [5, 5.41) is 19.7. The van der Waals surface area contributed by atoms with Gasteiger partial charge in [-0.2, -0.15) is 0 Å². The van der Waals surface area contributed by atoms with Gasteiger partial charge in [0.2, 0.25) is 0 Å². The van der Waals surface area contributed by atoms with Crippen LogP contribution in [0.4, 0.5) is 0 Å². The van der Waals surface area contributed by atoms with E-state index < -0.39 is 11.8 Å². The van der Waals surface area contributed by atoms with Crippen molar-refractivity contribution in [3.05, 3.63) is 193 Å². The zero-order valence-electron chi connectivity index (χ0n) is 31.1. The van der Waals surface area contributed by atoms with E-state index in [0.29, 0.717) is 0 Å². The van der Waals surface area contributed by atoms with Gasteiger partial charge >= 0.3 is 0 Å². The molecule has 5 heteroatoms. The molecule has 2 atom stereocenters. The van der Waals surface area contributed by atoms with Crippen molar-refractivity contribution in [1.82, 2.24) is 10.6 Å². The first-order valence-corrected chi connectivity index (χ1v) is 19.5. The van der Waals surface area contributed by atoms with Gasteiger partial charge in [0.25, 0.3) is 0 Å². The molecule has 11 aromatic rings. The first-order valence-electron chi connectivity index (χ1n) is 19.5. The smallest absolute Gasteiger partial charge is 0.142 e. The van der Waals surface area contributed by atoms with Crippen molar-refractivity contribution in [1.29, 1.82) is 0 Å². The first kappa shape index (κ1) is 32.1. The standard InChI is InChI=1S/C52H35N3O2/c1-52(54-50(31-13-3-2-4-14-31)53-51(55-52)41-21-11-20-40-39-19-9-10-23-45(39)57-49(40)41)44-22-12-24-47-48(44)43-30-33(26-28-46(43)56-47)32-25-27-38-36-17-6-5-15-34(36)35-16-7-8-18-37(35)42(38)29-32/h2-30,51,55H,1H3,(H,53,54). The van der Waals surface area contributed by atoms with E-state index in [1.54, 1.807) is 0 Å². The Kier molecular flexibility index (Phi) is 6.83. The van der Waals surface area contributed by atoms with Crippen LogP contribution in [0.2, 0.25) is 0 Å². The molecule has 1 aliphatic rings. The minimum Gasteiger partial charge on any atom is -0.456 e. The summed E-state index contributed by atoms with van der Waals surface area (Å²) >= 11 is 0. The summed E-state index contributed by atoms with van der Waals surface area (Å²) in [6, 6.07) is 62.2. The molecule has 2 aromatic heterocycles. The number of para-hydroxylation sites is 2. The fraction of sp³-hybridized carbons (Fsp3) is 0.0577. The van der Waals surface area contributed by atoms with Gasteiger partial charge < -0.3 is 14.2 Å². The summed E-state index contributed by atoms with van der Waals surface area (Å²) in [5.74, 6) is 0.802. The van der Waals surface area contributed by atoms with E-state index in [2.05, 4.69) is 175 Å². The lowest BCUT2D eigenvalue weighted by Crippen LogP contribution is -2.58. The summed E-state index contributed by atoms with van der Waals surface area (Å²) in [5.41, 5.74) is 7.97. The maximum Gasteiger partial charge on any atom is 0.142 e. The summed E-state index contributed by atoms with van der Waals surface area (Å²) < 4.78 is 13.2. The lowest BCUT2D eigenvalue weighted by Gasteiger charge is -2.41. The van der Waals surface area contributed by atoms with Gasteiger partial charge in [-0.1, -0.05) is 146 Å². The summed E-state index contributed by atoms with van der Waals surface area (Å²) in [6.07, 6.45) is -0.414. The second-order valence-electron chi connectivity index (χ2n) is 15.3. The van der Waals surface area contributed by atoms with Gasteiger partial charge in [0.1, 0.15) is 40.0 Å². The van der Waals surface area contributed by atoms with Gasteiger partial charge in [-0.05, 0) is 80.7 Å². The maximum absolute atomic E-state index is 6.61. The molecule has 2 N–H and O–H groups in total. The fourth-order valence-electron chi connectivity index (χ4n) is 9.27. The van der Waals surface area contributed by atoms with E-state index in [1.807, 2.05) is 18.2 Å². The average molecular weight is 734 g/mol. The Morgan fingerprint density at radius 2 is 1.04 bits per heavy atom. The average Bonchev–Trinajstić information content (AvgIpc) is 3.85. The van der Waals surface area contributed by atoms with Crippen LogP contribution in [0.25, 0.3) is 87.3 Å². The Morgan fingerprint density at radius 3 is 1.81 bits per heavy atom. The third kappa shape index (κ3) is 4.89. The monoisotopic (exact) mass is 733 g/mol. The number of amidine groups is 1. The van der Waals surface area contributed by atoms with Crippen molar-refractivity contribution >= 4 is 82.0 Å². The molecule has 3 heterocycles. The van der Waals surface area contributed by atoms with Crippen molar-refractivity contribution in [2.24, 2.45) is 4.99 Å². The quantitative estimate of drug-likeness (QED) is 0.177. The molecule has 9 aromatic carbocycles. The molecule has 5 nitrogen and oxygen atoms in total. The van der Waals surface area contributed by atoms with E-state index in [4.69, 9.17) is 13.8 Å². The second-order valence-corrected chi connectivity index (χ2v) is 15.3. The van der Waals surface area contributed by atoms with Gasteiger partial charge in [0.15, 0.2) is 0 Å². The highest BCUT2D eigenvalue weighted by Crippen LogP contribution is 2.42. The highest BCUT2D eigenvalue weighted by atomic mass is 16.3. The van der Waals surface area contributed by atoms with Crippen LogP contribution in [0.5, 0.6) is 0 Å². The third-order valence-electron chi connectivity index (χ3n) is 11.9. The molecule has 1 aliphatic heterocycles. The number of rotatable bonds is 4. The topological polar surface area (TPSA) is 62.7 Å². The van der Waals surface area contributed by atoms with Crippen molar-refractivity contribution in [3.63, 3.8) is 0 Å². The van der Waals surface area contributed by atoms with Crippen LogP contribution < -0.4 is 10.6 Å². The minimum absolute atomic E-state index is 0.414. The van der Waals surface area contributed by atoms with Gasteiger partial charge in [0.05, 0.1) is 0 Å². The van der Waals surface area contributed by atoms with E-state index in [-0.39, 0.29) is 0 Å². The first-order chi connectivity index (χ1) is 28.1. The van der Waals surface area contributed by atoms with Crippen LogP contribution in [-0.4, -0.2) is 5.84 Å². The number of fused-ring (bicyclic) bond motifs is 12. The molecule has 0 saturated heterocycles. The fourth-order valence-corrected chi connectivity index (χ4v) is 9.27. The van der Waals surface area contributed by atoms with E-state index >= 15 is 0 Å². The van der Waals surface area contributed by atoms with Gasteiger partial charge in [-0.15, -0.1) is 0 Å². The van der Waals surface area contributed by atoms with Gasteiger partial charge in [-0.25, -0.2) is 4.99 Å². The van der Waals surface area contributed by atoms with Crippen molar-refractivity contribution in [2.45, 2.75) is 18.8 Å². The zero-order valence-corrected chi connectivity index (χ0v) is 31.1. The Hall–Kier alpha value is -7.21. The predicted octanol–water partition coefficient (Wildman–Crippen LogP) is 13.1. The number of nitrogens with one attached hydrogen (secondary N) is 2. The zero-order chi connectivity index (χ0) is 37.7. The van der Waals surface area contributed by atoms with E-state index in [0.717, 1.165) is 77.5 Å².